The molecule has 1 atom stereocenters. The van der Waals surface area contributed by atoms with E-state index in [0.29, 0.717) is 18.5 Å². The monoisotopic (exact) mass is 289 g/mol. The lowest BCUT2D eigenvalue weighted by atomic mass is 10.1. The van der Waals surface area contributed by atoms with Gasteiger partial charge in [0.2, 0.25) is 0 Å². The maximum absolute atomic E-state index is 12.6. The van der Waals surface area contributed by atoms with Crippen molar-refractivity contribution >= 4 is 11.9 Å². The molecule has 21 heavy (non-hydrogen) atoms. The van der Waals surface area contributed by atoms with Crippen LogP contribution in [0.3, 0.4) is 0 Å². The van der Waals surface area contributed by atoms with Gasteiger partial charge in [0.05, 0.1) is 0 Å². The summed E-state index contributed by atoms with van der Waals surface area (Å²) in [6, 6.07) is 7.00. The molecule has 1 aliphatic rings. The molecule has 0 saturated carbocycles. The molecule has 2 rings (SSSR count). The smallest absolute Gasteiger partial charge is 0.329 e. The van der Waals surface area contributed by atoms with Gasteiger partial charge in [0, 0.05) is 12.1 Å². The molecule has 0 aliphatic carbocycles. The Morgan fingerprint density at radius 3 is 2.62 bits per heavy atom. The minimum Gasteiger partial charge on any atom is -0.458 e. The number of ether oxygens (including phenoxy) is 1. The first-order valence-electron chi connectivity index (χ1n) is 7.38. The number of hydrogen-bond acceptors (Lipinski definition) is 3. The zero-order valence-electron chi connectivity index (χ0n) is 13.2. The lowest BCUT2D eigenvalue weighted by Gasteiger charge is -2.27. The minimum atomic E-state index is -0.530. The van der Waals surface area contributed by atoms with Gasteiger partial charge in [-0.2, -0.15) is 0 Å². The number of carbonyl (C=O) groups excluding carboxylic acids is 2. The molecule has 0 bridgehead atoms. The highest BCUT2D eigenvalue weighted by molar-refractivity contribution is 5.97. The molecule has 4 nitrogen and oxygen atoms in total. The van der Waals surface area contributed by atoms with E-state index in [-0.39, 0.29) is 11.9 Å². The Kier molecular flexibility index (Phi) is 4.35. The molecule has 1 aromatic carbocycles. The van der Waals surface area contributed by atoms with Crippen LogP contribution in [0.5, 0.6) is 0 Å². The summed E-state index contributed by atoms with van der Waals surface area (Å²) in [5, 5.41) is 0. The average molecular weight is 289 g/mol. The number of rotatable bonds is 2. The predicted octanol–water partition coefficient (Wildman–Crippen LogP) is 2.94. The second-order valence-corrected chi connectivity index (χ2v) is 6.56. The first-order valence-corrected chi connectivity index (χ1v) is 7.38. The van der Waals surface area contributed by atoms with E-state index >= 15 is 0 Å². The van der Waals surface area contributed by atoms with Gasteiger partial charge in [0.25, 0.3) is 5.91 Å². The van der Waals surface area contributed by atoms with Crippen LogP contribution in [0.2, 0.25) is 0 Å². The summed E-state index contributed by atoms with van der Waals surface area (Å²) in [5.74, 6) is -0.395. The van der Waals surface area contributed by atoms with Crippen molar-refractivity contribution in [2.24, 2.45) is 0 Å². The zero-order chi connectivity index (χ0) is 15.6. The Morgan fingerprint density at radius 1 is 1.29 bits per heavy atom. The fourth-order valence-electron chi connectivity index (χ4n) is 2.57. The summed E-state index contributed by atoms with van der Waals surface area (Å²) in [7, 11) is 0. The van der Waals surface area contributed by atoms with Gasteiger partial charge in [-0.3, -0.25) is 4.79 Å². The molecule has 114 valence electrons. The highest BCUT2D eigenvalue weighted by Gasteiger charge is 2.37. The molecule has 0 radical (unpaired) electrons. The number of esters is 1. The molecule has 1 heterocycles. The van der Waals surface area contributed by atoms with Crippen molar-refractivity contribution < 1.29 is 14.3 Å². The fraction of sp³-hybridized carbons (Fsp3) is 0.529. The minimum absolute atomic E-state index is 0.0907. The molecule has 0 spiro atoms. The van der Waals surface area contributed by atoms with Crippen molar-refractivity contribution in [3.8, 4) is 0 Å². The number of carbonyl (C=O) groups is 2. The van der Waals surface area contributed by atoms with E-state index < -0.39 is 11.6 Å². The molecule has 1 saturated heterocycles. The molecular formula is C17H23NO3. The van der Waals surface area contributed by atoms with Crippen molar-refractivity contribution in [1.82, 2.24) is 4.90 Å². The van der Waals surface area contributed by atoms with E-state index in [4.69, 9.17) is 4.74 Å². The van der Waals surface area contributed by atoms with E-state index in [1.165, 1.54) is 0 Å². The van der Waals surface area contributed by atoms with Crippen molar-refractivity contribution in [1.29, 1.82) is 0 Å². The topological polar surface area (TPSA) is 46.6 Å². The van der Waals surface area contributed by atoms with E-state index in [9.17, 15) is 9.59 Å². The normalized spacial score (nSPS) is 18.7. The van der Waals surface area contributed by atoms with Crippen LogP contribution in [0.25, 0.3) is 0 Å². The highest BCUT2D eigenvalue weighted by Crippen LogP contribution is 2.23. The van der Waals surface area contributed by atoms with Gasteiger partial charge in [-0.05, 0) is 52.7 Å². The molecule has 0 unspecified atom stereocenters. The fourth-order valence-corrected chi connectivity index (χ4v) is 2.57. The average Bonchev–Trinajstić information content (AvgIpc) is 2.85. The maximum atomic E-state index is 12.6. The Hall–Kier alpha value is -1.84. The summed E-state index contributed by atoms with van der Waals surface area (Å²) in [5.41, 5.74) is 1.14. The highest BCUT2D eigenvalue weighted by atomic mass is 16.6. The van der Waals surface area contributed by atoms with E-state index in [1.807, 2.05) is 45.9 Å². The van der Waals surface area contributed by atoms with Gasteiger partial charge in [-0.15, -0.1) is 0 Å². The van der Waals surface area contributed by atoms with E-state index in [1.54, 1.807) is 11.0 Å². The van der Waals surface area contributed by atoms with Crippen LogP contribution in [-0.2, 0) is 9.53 Å². The molecule has 1 aromatic rings. The van der Waals surface area contributed by atoms with E-state index in [0.717, 1.165) is 12.0 Å². The summed E-state index contributed by atoms with van der Waals surface area (Å²) >= 11 is 0. The number of hydrogen-bond donors (Lipinski definition) is 0. The molecular weight excluding hydrogens is 266 g/mol. The standard InChI is InChI=1S/C17H23NO3/c1-12-7-5-8-13(11-12)15(19)18-10-6-9-14(18)16(20)21-17(2,3)4/h5,7-8,11,14H,6,9-10H2,1-4H3/t14-/m0/s1. The van der Waals surface area contributed by atoms with Crippen LogP contribution in [0, 0.1) is 6.92 Å². The number of benzene rings is 1. The SMILES string of the molecule is Cc1cccc(C(=O)N2CCC[C@H]2C(=O)OC(C)(C)C)c1. The maximum Gasteiger partial charge on any atom is 0.329 e. The summed E-state index contributed by atoms with van der Waals surface area (Å²) < 4.78 is 5.43. The van der Waals surface area contributed by atoms with Gasteiger partial charge in [0.1, 0.15) is 11.6 Å². The third-order valence-corrected chi connectivity index (χ3v) is 3.46. The molecule has 1 amide bonds. The van der Waals surface area contributed by atoms with Crippen LogP contribution in [-0.4, -0.2) is 35.0 Å². The van der Waals surface area contributed by atoms with Crippen LogP contribution >= 0.6 is 0 Å². The van der Waals surface area contributed by atoms with Crippen LogP contribution in [0.15, 0.2) is 24.3 Å². The first-order chi connectivity index (χ1) is 9.78. The lowest BCUT2D eigenvalue weighted by Crippen LogP contribution is -2.43. The van der Waals surface area contributed by atoms with Gasteiger partial charge < -0.3 is 9.64 Å². The van der Waals surface area contributed by atoms with Crippen molar-refractivity contribution in [2.45, 2.75) is 52.2 Å². The van der Waals surface area contributed by atoms with Gasteiger partial charge >= 0.3 is 5.97 Å². The van der Waals surface area contributed by atoms with Gasteiger partial charge in [-0.25, -0.2) is 4.79 Å². The largest absolute Gasteiger partial charge is 0.458 e. The predicted molar refractivity (Wildman–Crippen MR) is 81.1 cm³/mol. The Labute approximate surface area is 126 Å². The number of amides is 1. The van der Waals surface area contributed by atoms with E-state index in [2.05, 4.69) is 0 Å². The lowest BCUT2D eigenvalue weighted by molar-refractivity contribution is -0.159. The summed E-state index contributed by atoms with van der Waals surface area (Å²) in [4.78, 5) is 26.5. The molecule has 0 aromatic heterocycles. The van der Waals surface area contributed by atoms with Gasteiger partial charge in [0.15, 0.2) is 0 Å². The van der Waals surface area contributed by atoms with Crippen LogP contribution in [0.1, 0.15) is 49.5 Å². The molecule has 4 heteroatoms. The van der Waals surface area contributed by atoms with Gasteiger partial charge in [-0.1, -0.05) is 17.7 Å². The summed E-state index contributed by atoms with van der Waals surface area (Å²) in [6.45, 7) is 8.08. The summed E-state index contributed by atoms with van der Waals surface area (Å²) in [6.07, 6.45) is 1.51. The number of likely N-dealkylation sites (tertiary alicyclic amines) is 1. The third kappa shape index (κ3) is 3.84. The van der Waals surface area contributed by atoms with Crippen molar-refractivity contribution in [3.05, 3.63) is 35.4 Å². The van der Waals surface area contributed by atoms with Crippen molar-refractivity contribution in [3.63, 3.8) is 0 Å². The van der Waals surface area contributed by atoms with Crippen LogP contribution < -0.4 is 0 Å². The Balaban J connectivity index is 2.15. The molecule has 1 aliphatic heterocycles. The third-order valence-electron chi connectivity index (χ3n) is 3.46. The molecule has 1 fully saturated rings. The zero-order valence-corrected chi connectivity index (χ0v) is 13.2. The second-order valence-electron chi connectivity index (χ2n) is 6.56. The quantitative estimate of drug-likeness (QED) is 0.786. The number of nitrogens with zero attached hydrogens (tertiary/aromatic N) is 1. The molecule has 0 N–H and O–H groups in total. The van der Waals surface area contributed by atoms with Crippen LogP contribution in [0.4, 0.5) is 0 Å². The van der Waals surface area contributed by atoms with Crippen molar-refractivity contribution in [2.75, 3.05) is 6.54 Å². The number of aryl methyl sites for hydroxylation is 1. The Morgan fingerprint density at radius 2 is 2.00 bits per heavy atom. The Bertz CT molecular complexity index is 545. The first kappa shape index (κ1) is 15.5. The second kappa shape index (κ2) is 5.88.